The van der Waals surface area contributed by atoms with Crippen molar-refractivity contribution in [3.05, 3.63) is 16.7 Å². The SMILES string of the molecule is CN1CCN(c2nc3ncc(Br)cc3nc2NC(=O)CO)CC1. The molecular formula is C14H17BrN6O2. The van der Waals surface area contributed by atoms with Gasteiger partial charge in [-0.05, 0) is 29.0 Å². The van der Waals surface area contributed by atoms with Gasteiger partial charge in [0.1, 0.15) is 12.1 Å². The number of piperazine rings is 1. The molecule has 122 valence electrons. The standard InChI is InChI=1S/C14H17BrN6O2/c1-20-2-4-21(5-3-20)14-13(18-11(23)8-22)17-10-6-9(15)7-16-12(10)19-14/h6-7,22H,2-5,8H2,1H3,(H,17,18,23). The fourth-order valence-electron chi connectivity index (χ4n) is 2.41. The van der Waals surface area contributed by atoms with E-state index in [2.05, 4.69) is 53.0 Å². The van der Waals surface area contributed by atoms with E-state index in [0.717, 1.165) is 30.7 Å². The van der Waals surface area contributed by atoms with Crippen LogP contribution in [0.15, 0.2) is 16.7 Å². The second-order valence-electron chi connectivity index (χ2n) is 5.39. The third kappa shape index (κ3) is 3.57. The third-order valence-electron chi connectivity index (χ3n) is 3.67. The molecule has 2 N–H and O–H groups in total. The first kappa shape index (κ1) is 16.0. The quantitative estimate of drug-likeness (QED) is 0.798. The van der Waals surface area contributed by atoms with E-state index in [-0.39, 0.29) is 0 Å². The molecule has 3 rings (SSSR count). The van der Waals surface area contributed by atoms with Gasteiger partial charge in [-0.15, -0.1) is 0 Å². The van der Waals surface area contributed by atoms with E-state index in [9.17, 15) is 4.79 Å². The van der Waals surface area contributed by atoms with Gasteiger partial charge in [-0.1, -0.05) is 0 Å². The van der Waals surface area contributed by atoms with Gasteiger partial charge in [0.2, 0.25) is 0 Å². The Morgan fingerprint density at radius 2 is 2.09 bits per heavy atom. The van der Waals surface area contributed by atoms with Crippen LogP contribution in [0.5, 0.6) is 0 Å². The average Bonchev–Trinajstić information content (AvgIpc) is 2.55. The fourth-order valence-corrected chi connectivity index (χ4v) is 2.73. The number of amides is 1. The van der Waals surface area contributed by atoms with Crippen molar-refractivity contribution in [1.29, 1.82) is 0 Å². The summed E-state index contributed by atoms with van der Waals surface area (Å²) >= 11 is 3.35. The predicted octanol–water partition coefficient (Wildman–Crippen LogP) is 0.470. The molecule has 9 heteroatoms. The summed E-state index contributed by atoms with van der Waals surface area (Å²) in [6, 6.07) is 1.79. The molecular weight excluding hydrogens is 364 g/mol. The highest BCUT2D eigenvalue weighted by Crippen LogP contribution is 2.26. The maximum Gasteiger partial charge on any atom is 0.251 e. The number of carbonyl (C=O) groups is 1. The van der Waals surface area contributed by atoms with E-state index in [1.54, 1.807) is 12.3 Å². The highest BCUT2D eigenvalue weighted by molar-refractivity contribution is 9.10. The monoisotopic (exact) mass is 380 g/mol. The first-order chi connectivity index (χ1) is 11.1. The normalized spacial score (nSPS) is 15.9. The molecule has 0 atom stereocenters. The minimum Gasteiger partial charge on any atom is -0.387 e. The fraction of sp³-hybridized carbons (Fsp3) is 0.429. The Morgan fingerprint density at radius 1 is 1.35 bits per heavy atom. The van der Waals surface area contributed by atoms with Crippen molar-refractivity contribution in [1.82, 2.24) is 19.9 Å². The van der Waals surface area contributed by atoms with Crippen molar-refractivity contribution in [2.75, 3.05) is 50.1 Å². The second-order valence-corrected chi connectivity index (χ2v) is 6.30. The molecule has 0 spiro atoms. The average molecular weight is 381 g/mol. The van der Waals surface area contributed by atoms with Gasteiger partial charge in [0.25, 0.3) is 5.91 Å². The number of hydrogen-bond acceptors (Lipinski definition) is 7. The molecule has 1 amide bonds. The number of nitrogens with one attached hydrogen (secondary N) is 1. The Bertz CT molecular complexity index is 733. The smallest absolute Gasteiger partial charge is 0.251 e. The summed E-state index contributed by atoms with van der Waals surface area (Å²) in [4.78, 5) is 29.2. The molecule has 1 saturated heterocycles. The number of aliphatic hydroxyl groups excluding tert-OH is 1. The van der Waals surface area contributed by atoms with Crippen molar-refractivity contribution < 1.29 is 9.90 Å². The van der Waals surface area contributed by atoms with Crippen LogP contribution in [0.3, 0.4) is 0 Å². The number of carbonyl (C=O) groups excluding carboxylic acids is 1. The first-order valence-corrected chi connectivity index (χ1v) is 8.03. The number of aromatic nitrogens is 3. The summed E-state index contributed by atoms with van der Waals surface area (Å²) in [6.45, 7) is 2.78. The lowest BCUT2D eigenvalue weighted by Crippen LogP contribution is -2.45. The number of nitrogens with zero attached hydrogens (tertiary/aromatic N) is 5. The Labute approximate surface area is 141 Å². The molecule has 1 aliphatic heterocycles. The second kappa shape index (κ2) is 6.73. The molecule has 0 saturated carbocycles. The van der Waals surface area contributed by atoms with Gasteiger partial charge in [-0.25, -0.2) is 15.0 Å². The maximum absolute atomic E-state index is 11.6. The summed E-state index contributed by atoms with van der Waals surface area (Å²) in [5.74, 6) is 0.417. The largest absolute Gasteiger partial charge is 0.387 e. The minimum atomic E-state index is -0.599. The van der Waals surface area contributed by atoms with Crippen molar-refractivity contribution in [3.8, 4) is 0 Å². The van der Waals surface area contributed by atoms with E-state index in [1.807, 2.05) is 0 Å². The van der Waals surface area contributed by atoms with Gasteiger partial charge >= 0.3 is 0 Å². The molecule has 3 heterocycles. The molecule has 0 unspecified atom stereocenters. The van der Waals surface area contributed by atoms with Crippen molar-refractivity contribution in [2.24, 2.45) is 0 Å². The van der Waals surface area contributed by atoms with Gasteiger partial charge in [0.15, 0.2) is 17.3 Å². The van der Waals surface area contributed by atoms with E-state index in [4.69, 9.17) is 5.11 Å². The van der Waals surface area contributed by atoms with E-state index >= 15 is 0 Å². The topological polar surface area (TPSA) is 94.5 Å². The zero-order valence-corrected chi connectivity index (χ0v) is 14.2. The number of halogens is 1. The zero-order chi connectivity index (χ0) is 16.4. The lowest BCUT2D eigenvalue weighted by Gasteiger charge is -2.33. The molecule has 2 aromatic rings. The van der Waals surface area contributed by atoms with Crippen LogP contribution in [0.25, 0.3) is 11.2 Å². The number of aliphatic hydroxyl groups is 1. The van der Waals surface area contributed by atoms with Gasteiger partial charge in [0.05, 0.1) is 0 Å². The zero-order valence-electron chi connectivity index (χ0n) is 12.7. The minimum absolute atomic E-state index is 0.348. The molecule has 0 aliphatic carbocycles. The number of likely N-dealkylation sites (N-methyl/N-ethyl adjacent to an activating group) is 1. The van der Waals surface area contributed by atoms with E-state index in [1.165, 1.54) is 0 Å². The Kier molecular flexibility index (Phi) is 4.69. The summed E-state index contributed by atoms with van der Waals surface area (Å²) < 4.78 is 0.783. The number of fused-ring (bicyclic) bond motifs is 1. The highest BCUT2D eigenvalue weighted by atomic mass is 79.9. The summed E-state index contributed by atoms with van der Waals surface area (Å²) in [6.07, 6.45) is 1.66. The predicted molar refractivity (Wildman–Crippen MR) is 90.5 cm³/mol. The lowest BCUT2D eigenvalue weighted by atomic mass is 10.3. The highest BCUT2D eigenvalue weighted by Gasteiger charge is 2.21. The lowest BCUT2D eigenvalue weighted by molar-refractivity contribution is -0.118. The Balaban J connectivity index is 2.03. The van der Waals surface area contributed by atoms with Crippen LogP contribution in [-0.2, 0) is 4.79 Å². The van der Waals surface area contributed by atoms with Crippen LogP contribution in [0.2, 0.25) is 0 Å². The van der Waals surface area contributed by atoms with Gasteiger partial charge in [-0.2, -0.15) is 0 Å². The Morgan fingerprint density at radius 3 is 2.78 bits per heavy atom. The van der Waals surface area contributed by atoms with Gasteiger partial charge in [-0.3, -0.25) is 4.79 Å². The summed E-state index contributed by atoms with van der Waals surface area (Å²) in [5, 5.41) is 11.6. The third-order valence-corrected chi connectivity index (χ3v) is 4.11. The van der Waals surface area contributed by atoms with Crippen LogP contribution in [0.1, 0.15) is 0 Å². The molecule has 0 radical (unpaired) electrons. The van der Waals surface area contributed by atoms with Crippen molar-refractivity contribution in [2.45, 2.75) is 0 Å². The van der Waals surface area contributed by atoms with Crippen molar-refractivity contribution >= 4 is 44.6 Å². The van der Waals surface area contributed by atoms with Gasteiger partial charge in [0, 0.05) is 36.8 Å². The molecule has 0 bridgehead atoms. The van der Waals surface area contributed by atoms with Crippen LogP contribution >= 0.6 is 15.9 Å². The number of pyridine rings is 1. The van der Waals surface area contributed by atoms with E-state index < -0.39 is 12.5 Å². The number of anilines is 2. The van der Waals surface area contributed by atoms with E-state index in [0.29, 0.717) is 22.8 Å². The summed E-state index contributed by atoms with van der Waals surface area (Å²) in [7, 11) is 2.07. The van der Waals surface area contributed by atoms with Crippen LogP contribution in [-0.4, -0.2) is 70.7 Å². The molecule has 1 fully saturated rings. The molecule has 8 nitrogen and oxygen atoms in total. The Hall–Kier alpha value is -1.84. The van der Waals surface area contributed by atoms with Crippen LogP contribution < -0.4 is 10.2 Å². The van der Waals surface area contributed by atoms with Crippen LogP contribution in [0, 0.1) is 0 Å². The maximum atomic E-state index is 11.6. The summed E-state index contributed by atoms with van der Waals surface area (Å²) in [5.41, 5.74) is 1.09. The first-order valence-electron chi connectivity index (χ1n) is 7.24. The van der Waals surface area contributed by atoms with Crippen LogP contribution in [0.4, 0.5) is 11.6 Å². The number of rotatable bonds is 3. The molecule has 0 aromatic carbocycles. The molecule has 1 aliphatic rings. The molecule has 2 aromatic heterocycles. The van der Waals surface area contributed by atoms with Gasteiger partial charge < -0.3 is 20.2 Å². The van der Waals surface area contributed by atoms with Crippen molar-refractivity contribution in [3.63, 3.8) is 0 Å². The number of hydrogen-bond donors (Lipinski definition) is 2. The molecule has 23 heavy (non-hydrogen) atoms.